The van der Waals surface area contributed by atoms with Gasteiger partial charge in [-0.3, -0.25) is 4.90 Å². The lowest BCUT2D eigenvalue weighted by molar-refractivity contribution is 0.285. The van der Waals surface area contributed by atoms with Gasteiger partial charge in [0.25, 0.3) is 0 Å². The summed E-state index contributed by atoms with van der Waals surface area (Å²) in [6.45, 7) is 4.96. The lowest BCUT2D eigenvalue weighted by atomic mass is 10.2. The average molecular weight is 285 g/mol. The van der Waals surface area contributed by atoms with Gasteiger partial charge in [-0.1, -0.05) is 30.3 Å². The van der Waals surface area contributed by atoms with Gasteiger partial charge in [-0.2, -0.15) is 4.39 Å². The third-order valence-corrected chi connectivity index (χ3v) is 3.91. The van der Waals surface area contributed by atoms with Crippen molar-refractivity contribution >= 4 is 5.69 Å². The number of nitrogens with zero attached hydrogens (tertiary/aromatic N) is 3. The molecule has 1 aromatic heterocycles. The highest BCUT2D eigenvalue weighted by molar-refractivity contribution is 5.45. The van der Waals surface area contributed by atoms with Crippen LogP contribution in [0.2, 0.25) is 0 Å². The van der Waals surface area contributed by atoms with Crippen LogP contribution < -0.4 is 4.90 Å². The van der Waals surface area contributed by atoms with E-state index in [2.05, 4.69) is 39.0 Å². The summed E-state index contributed by atoms with van der Waals surface area (Å²) in [5.74, 6) is -0.405. The second kappa shape index (κ2) is 6.68. The van der Waals surface area contributed by atoms with E-state index in [9.17, 15) is 4.39 Å². The van der Waals surface area contributed by atoms with Crippen molar-refractivity contribution in [3.8, 4) is 0 Å². The van der Waals surface area contributed by atoms with Gasteiger partial charge < -0.3 is 4.90 Å². The molecule has 0 spiro atoms. The molecule has 1 aliphatic rings. The lowest BCUT2D eigenvalue weighted by Crippen LogP contribution is -2.30. The van der Waals surface area contributed by atoms with E-state index in [0.29, 0.717) is 0 Å². The quantitative estimate of drug-likeness (QED) is 0.808. The number of aromatic nitrogens is 1. The smallest absolute Gasteiger partial charge is 0.214 e. The van der Waals surface area contributed by atoms with Crippen molar-refractivity contribution in [2.45, 2.75) is 13.0 Å². The van der Waals surface area contributed by atoms with Gasteiger partial charge in [-0.25, -0.2) is 4.98 Å². The number of rotatable bonds is 3. The van der Waals surface area contributed by atoms with Crippen LogP contribution in [0.5, 0.6) is 0 Å². The Kier molecular flexibility index (Phi) is 4.46. The fourth-order valence-electron chi connectivity index (χ4n) is 2.82. The Balaban J connectivity index is 1.62. The molecule has 1 aliphatic heterocycles. The summed E-state index contributed by atoms with van der Waals surface area (Å²) in [6.07, 6.45) is 2.63. The number of anilines is 1. The number of pyridine rings is 1. The van der Waals surface area contributed by atoms with Gasteiger partial charge in [-0.05, 0) is 18.1 Å². The molecule has 0 N–H and O–H groups in total. The summed E-state index contributed by atoms with van der Waals surface area (Å²) < 4.78 is 13.2. The molecular weight excluding hydrogens is 265 g/mol. The van der Waals surface area contributed by atoms with Crippen LogP contribution in [0, 0.1) is 5.95 Å². The minimum atomic E-state index is -0.405. The summed E-state index contributed by atoms with van der Waals surface area (Å²) in [7, 11) is 0. The molecule has 110 valence electrons. The van der Waals surface area contributed by atoms with Crippen LogP contribution in [0.1, 0.15) is 12.0 Å². The van der Waals surface area contributed by atoms with Gasteiger partial charge in [-0.15, -0.1) is 0 Å². The van der Waals surface area contributed by atoms with Crippen molar-refractivity contribution in [3.05, 3.63) is 60.2 Å². The molecule has 0 aliphatic carbocycles. The molecule has 0 unspecified atom stereocenters. The monoisotopic (exact) mass is 285 g/mol. The molecule has 3 rings (SSSR count). The first kappa shape index (κ1) is 14.0. The summed E-state index contributed by atoms with van der Waals surface area (Å²) >= 11 is 0. The average Bonchev–Trinajstić information content (AvgIpc) is 2.74. The second-order valence-electron chi connectivity index (χ2n) is 5.44. The first-order chi connectivity index (χ1) is 10.3. The third kappa shape index (κ3) is 3.79. The number of halogens is 1. The van der Waals surface area contributed by atoms with Crippen LogP contribution in [0.4, 0.5) is 10.1 Å². The predicted molar refractivity (Wildman–Crippen MR) is 82.7 cm³/mol. The van der Waals surface area contributed by atoms with Crippen molar-refractivity contribution in [3.63, 3.8) is 0 Å². The van der Waals surface area contributed by atoms with Crippen molar-refractivity contribution < 1.29 is 4.39 Å². The van der Waals surface area contributed by atoms with Crippen LogP contribution in [-0.4, -0.2) is 36.1 Å². The minimum Gasteiger partial charge on any atom is -0.370 e. The summed E-state index contributed by atoms with van der Waals surface area (Å²) in [5, 5.41) is 0. The molecule has 0 saturated carbocycles. The van der Waals surface area contributed by atoms with E-state index in [-0.39, 0.29) is 0 Å². The van der Waals surface area contributed by atoms with Crippen molar-refractivity contribution in [1.82, 2.24) is 9.88 Å². The van der Waals surface area contributed by atoms with Gasteiger partial charge in [0.2, 0.25) is 5.95 Å². The topological polar surface area (TPSA) is 19.4 Å². The van der Waals surface area contributed by atoms with E-state index in [1.54, 1.807) is 0 Å². The lowest BCUT2D eigenvalue weighted by Gasteiger charge is -2.23. The third-order valence-electron chi connectivity index (χ3n) is 3.91. The highest BCUT2D eigenvalue weighted by Crippen LogP contribution is 2.17. The number of benzene rings is 1. The van der Waals surface area contributed by atoms with E-state index in [0.717, 1.165) is 44.8 Å². The molecule has 4 heteroatoms. The summed E-state index contributed by atoms with van der Waals surface area (Å²) in [5.41, 5.74) is 2.28. The van der Waals surface area contributed by atoms with Crippen LogP contribution in [0.3, 0.4) is 0 Å². The Morgan fingerprint density at radius 1 is 1.00 bits per heavy atom. The van der Waals surface area contributed by atoms with E-state index < -0.39 is 5.95 Å². The molecule has 2 heterocycles. The minimum absolute atomic E-state index is 0.405. The predicted octanol–water partition coefficient (Wildman–Crippen LogP) is 2.93. The molecule has 3 nitrogen and oxygen atoms in total. The van der Waals surface area contributed by atoms with E-state index in [1.807, 2.05) is 12.1 Å². The largest absolute Gasteiger partial charge is 0.370 e. The molecule has 0 amide bonds. The van der Waals surface area contributed by atoms with E-state index in [1.165, 1.54) is 17.8 Å². The maximum atomic E-state index is 13.2. The van der Waals surface area contributed by atoms with Crippen molar-refractivity contribution in [2.75, 3.05) is 31.1 Å². The fraction of sp³-hybridized carbons (Fsp3) is 0.353. The van der Waals surface area contributed by atoms with Gasteiger partial charge >= 0.3 is 0 Å². The fourth-order valence-corrected chi connectivity index (χ4v) is 2.82. The molecule has 21 heavy (non-hydrogen) atoms. The molecule has 2 aromatic rings. The highest BCUT2D eigenvalue weighted by atomic mass is 19.1. The van der Waals surface area contributed by atoms with Gasteiger partial charge in [0.05, 0.1) is 0 Å². The first-order valence-electron chi connectivity index (χ1n) is 7.44. The van der Waals surface area contributed by atoms with Gasteiger partial charge in [0.1, 0.15) is 0 Å². The maximum Gasteiger partial charge on any atom is 0.214 e. The Hall–Kier alpha value is -1.94. The number of hydrogen-bond acceptors (Lipinski definition) is 3. The van der Waals surface area contributed by atoms with Crippen molar-refractivity contribution in [1.29, 1.82) is 0 Å². The van der Waals surface area contributed by atoms with E-state index >= 15 is 0 Å². The van der Waals surface area contributed by atoms with Crippen molar-refractivity contribution in [2.24, 2.45) is 0 Å². The van der Waals surface area contributed by atoms with Crippen LogP contribution in [0.15, 0.2) is 48.7 Å². The van der Waals surface area contributed by atoms with Gasteiger partial charge in [0, 0.05) is 50.7 Å². The zero-order valence-electron chi connectivity index (χ0n) is 12.1. The molecule has 0 radical (unpaired) electrons. The first-order valence-corrected chi connectivity index (χ1v) is 7.44. The molecule has 0 bridgehead atoms. The maximum absolute atomic E-state index is 13.2. The van der Waals surface area contributed by atoms with Crippen LogP contribution >= 0.6 is 0 Å². The SMILES string of the molecule is Fc1cc(N2CCCN(Cc3ccccc3)CC2)ccn1. The Morgan fingerprint density at radius 2 is 1.86 bits per heavy atom. The molecular formula is C17H20FN3. The standard InChI is InChI=1S/C17H20FN3/c18-17-13-16(7-8-19-17)21-10-4-9-20(11-12-21)14-15-5-2-1-3-6-15/h1-3,5-8,13H,4,9-12,14H2. The second-order valence-corrected chi connectivity index (χ2v) is 5.44. The Labute approximate surface area is 125 Å². The normalized spacial score (nSPS) is 16.7. The Bertz CT molecular complexity index is 573. The van der Waals surface area contributed by atoms with Gasteiger partial charge in [0.15, 0.2) is 0 Å². The summed E-state index contributed by atoms with van der Waals surface area (Å²) in [6, 6.07) is 14.0. The zero-order chi connectivity index (χ0) is 14.5. The van der Waals surface area contributed by atoms with Crippen LogP contribution in [-0.2, 0) is 6.54 Å². The van der Waals surface area contributed by atoms with E-state index in [4.69, 9.17) is 0 Å². The molecule has 1 saturated heterocycles. The number of hydrogen-bond donors (Lipinski definition) is 0. The summed E-state index contributed by atoms with van der Waals surface area (Å²) in [4.78, 5) is 8.34. The van der Waals surface area contributed by atoms with Crippen LogP contribution in [0.25, 0.3) is 0 Å². The Morgan fingerprint density at radius 3 is 2.67 bits per heavy atom. The highest BCUT2D eigenvalue weighted by Gasteiger charge is 2.15. The zero-order valence-corrected chi connectivity index (χ0v) is 12.1. The molecule has 1 fully saturated rings. The molecule has 1 aromatic carbocycles. The molecule has 0 atom stereocenters.